The molecule has 0 saturated carbocycles. The van der Waals surface area contributed by atoms with Gasteiger partial charge in [-0.05, 0) is 35.9 Å². The molecule has 0 fully saturated rings. The van der Waals surface area contributed by atoms with E-state index in [0.717, 1.165) is 30.3 Å². The van der Waals surface area contributed by atoms with E-state index in [1.54, 1.807) is 17.5 Å². The smallest absolute Gasteiger partial charge is 0.256 e. The van der Waals surface area contributed by atoms with Crippen LogP contribution in [-0.2, 0) is 6.42 Å². The van der Waals surface area contributed by atoms with Gasteiger partial charge in [0.05, 0.1) is 23.3 Å². The molecule has 3 heterocycles. The SMILES string of the molecule is CCC1c2ccsc2CCN1C(=O)c1cccc2cn[nH]c12. The van der Waals surface area contributed by atoms with Crippen LogP contribution in [0.25, 0.3) is 10.9 Å². The lowest BCUT2D eigenvalue weighted by atomic mass is 9.96. The number of nitrogens with one attached hydrogen (secondary N) is 1. The molecule has 1 aromatic carbocycles. The second kappa shape index (κ2) is 5.25. The number of carbonyl (C=O) groups is 1. The van der Waals surface area contributed by atoms with Crippen molar-refractivity contribution in [2.75, 3.05) is 6.54 Å². The normalized spacial score (nSPS) is 17.7. The van der Waals surface area contributed by atoms with E-state index in [0.29, 0.717) is 5.56 Å². The average molecular weight is 311 g/mol. The van der Waals surface area contributed by atoms with Crippen molar-refractivity contribution in [3.05, 3.63) is 51.8 Å². The van der Waals surface area contributed by atoms with E-state index in [4.69, 9.17) is 0 Å². The Morgan fingerprint density at radius 1 is 1.45 bits per heavy atom. The molecule has 5 heteroatoms. The Hall–Kier alpha value is -2.14. The van der Waals surface area contributed by atoms with E-state index < -0.39 is 0 Å². The van der Waals surface area contributed by atoms with E-state index in [-0.39, 0.29) is 11.9 Å². The van der Waals surface area contributed by atoms with Gasteiger partial charge in [0.1, 0.15) is 0 Å². The average Bonchev–Trinajstić information content (AvgIpc) is 3.21. The molecule has 0 radical (unpaired) electrons. The lowest BCUT2D eigenvalue weighted by Crippen LogP contribution is -2.39. The summed E-state index contributed by atoms with van der Waals surface area (Å²) in [5.41, 5.74) is 2.87. The Balaban J connectivity index is 1.75. The highest BCUT2D eigenvalue weighted by Crippen LogP contribution is 2.36. The summed E-state index contributed by atoms with van der Waals surface area (Å²) in [6.07, 6.45) is 3.65. The van der Waals surface area contributed by atoms with Crippen molar-refractivity contribution >= 4 is 28.1 Å². The van der Waals surface area contributed by atoms with Crippen LogP contribution in [0.2, 0.25) is 0 Å². The summed E-state index contributed by atoms with van der Waals surface area (Å²) in [7, 11) is 0. The van der Waals surface area contributed by atoms with Crippen LogP contribution in [0.3, 0.4) is 0 Å². The zero-order valence-electron chi connectivity index (χ0n) is 12.4. The van der Waals surface area contributed by atoms with E-state index >= 15 is 0 Å². The number of fused-ring (bicyclic) bond motifs is 2. The number of rotatable bonds is 2. The van der Waals surface area contributed by atoms with Gasteiger partial charge in [0.2, 0.25) is 0 Å². The zero-order chi connectivity index (χ0) is 15.1. The predicted molar refractivity (Wildman–Crippen MR) is 88.2 cm³/mol. The number of aromatic amines is 1. The maximum absolute atomic E-state index is 13.1. The van der Waals surface area contributed by atoms with Crippen LogP contribution < -0.4 is 0 Å². The van der Waals surface area contributed by atoms with Gasteiger partial charge in [0.15, 0.2) is 0 Å². The topological polar surface area (TPSA) is 49.0 Å². The fraction of sp³-hybridized carbons (Fsp3) is 0.294. The maximum Gasteiger partial charge on any atom is 0.256 e. The van der Waals surface area contributed by atoms with Crippen LogP contribution in [-0.4, -0.2) is 27.5 Å². The number of H-pyrrole nitrogens is 1. The quantitative estimate of drug-likeness (QED) is 0.783. The number of para-hydroxylation sites is 1. The highest BCUT2D eigenvalue weighted by atomic mass is 32.1. The fourth-order valence-corrected chi connectivity index (χ4v) is 4.31. The van der Waals surface area contributed by atoms with Crippen LogP contribution >= 0.6 is 11.3 Å². The first-order valence-corrected chi connectivity index (χ1v) is 8.47. The van der Waals surface area contributed by atoms with Crippen LogP contribution in [0.4, 0.5) is 0 Å². The number of thiophene rings is 1. The molecule has 1 atom stereocenters. The van der Waals surface area contributed by atoms with Crippen LogP contribution in [0.1, 0.15) is 40.2 Å². The molecule has 22 heavy (non-hydrogen) atoms. The molecule has 0 bridgehead atoms. The van der Waals surface area contributed by atoms with Gasteiger partial charge >= 0.3 is 0 Å². The van der Waals surface area contributed by atoms with E-state index in [1.807, 2.05) is 23.1 Å². The van der Waals surface area contributed by atoms with Crippen molar-refractivity contribution in [2.45, 2.75) is 25.8 Å². The van der Waals surface area contributed by atoms with Crippen molar-refractivity contribution in [3.8, 4) is 0 Å². The summed E-state index contributed by atoms with van der Waals surface area (Å²) >= 11 is 1.80. The van der Waals surface area contributed by atoms with Gasteiger partial charge in [-0.15, -0.1) is 11.3 Å². The second-order valence-electron chi connectivity index (χ2n) is 5.61. The minimum atomic E-state index is 0.0959. The summed E-state index contributed by atoms with van der Waals surface area (Å²) in [5.74, 6) is 0.0959. The summed E-state index contributed by atoms with van der Waals surface area (Å²) in [6.45, 7) is 2.93. The highest BCUT2D eigenvalue weighted by Gasteiger charge is 2.31. The third-order valence-corrected chi connectivity index (χ3v) is 5.45. The molecule has 1 N–H and O–H groups in total. The first-order valence-electron chi connectivity index (χ1n) is 7.59. The number of hydrogen-bond acceptors (Lipinski definition) is 3. The molecule has 0 aliphatic carbocycles. The second-order valence-corrected chi connectivity index (χ2v) is 6.61. The van der Waals surface area contributed by atoms with Gasteiger partial charge in [0, 0.05) is 16.8 Å². The number of aromatic nitrogens is 2. The molecule has 1 amide bonds. The van der Waals surface area contributed by atoms with Gasteiger partial charge in [-0.3, -0.25) is 9.89 Å². The van der Waals surface area contributed by atoms with Crippen molar-refractivity contribution in [1.29, 1.82) is 0 Å². The Morgan fingerprint density at radius 2 is 2.36 bits per heavy atom. The molecule has 4 rings (SSSR count). The largest absolute Gasteiger partial charge is 0.331 e. The van der Waals surface area contributed by atoms with Crippen molar-refractivity contribution in [1.82, 2.24) is 15.1 Å². The lowest BCUT2D eigenvalue weighted by Gasteiger charge is -2.35. The number of carbonyl (C=O) groups excluding carboxylic acids is 1. The predicted octanol–water partition coefficient (Wildman–Crippen LogP) is 3.77. The van der Waals surface area contributed by atoms with Gasteiger partial charge in [-0.1, -0.05) is 19.1 Å². The third-order valence-electron chi connectivity index (χ3n) is 4.45. The monoisotopic (exact) mass is 311 g/mol. The van der Waals surface area contributed by atoms with Gasteiger partial charge < -0.3 is 4.90 Å². The minimum absolute atomic E-state index is 0.0959. The molecule has 4 nitrogen and oxygen atoms in total. The molecular weight excluding hydrogens is 294 g/mol. The molecule has 1 aliphatic heterocycles. The molecule has 2 aromatic heterocycles. The van der Waals surface area contributed by atoms with Crippen LogP contribution in [0.5, 0.6) is 0 Å². The van der Waals surface area contributed by atoms with Crippen LogP contribution in [0.15, 0.2) is 35.8 Å². The van der Waals surface area contributed by atoms with Crippen molar-refractivity contribution in [2.24, 2.45) is 0 Å². The van der Waals surface area contributed by atoms with E-state index in [9.17, 15) is 4.79 Å². The van der Waals surface area contributed by atoms with E-state index in [2.05, 4.69) is 28.6 Å². The minimum Gasteiger partial charge on any atom is -0.331 e. The summed E-state index contributed by atoms with van der Waals surface area (Å²) in [6, 6.07) is 8.13. The summed E-state index contributed by atoms with van der Waals surface area (Å²) in [4.78, 5) is 16.5. The molecule has 0 spiro atoms. The summed E-state index contributed by atoms with van der Waals surface area (Å²) < 4.78 is 0. The Bertz CT molecular complexity index is 835. The number of benzene rings is 1. The Labute approximate surface area is 132 Å². The molecular formula is C17H17N3OS. The van der Waals surface area contributed by atoms with Gasteiger partial charge in [0.25, 0.3) is 5.91 Å². The van der Waals surface area contributed by atoms with Crippen molar-refractivity contribution in [3.63, 3.8) is 0 Å². The number of amides is 1. The maximum atomic E-state index is 13.1. The van der Waals surface area contributed by atoms with E-state index in [1.165, 1.54) is 10.4 Å². The number of nitrogens with zero attached hydrogens (tertiary/aromatic N) is 2. The number of hydrogen-bond donors (Lipinski definition) is 1. The first-order chi connectivity index (χ1) is 10.8. The first kappa shape index (κ1) is 13.5. The fourth-order valence-electron chi connectivity index (χ4n) is 3.38. The highest BCUT2D eigenvalue weighted by molar-refractivity contribution is 7.10. The van der Waals surface area contributed by atoms with Gasteiger partial charge in [-0.2, -0.15) is 5.10 Å². The zero-order valence-corrected chi connectivity index (χ0v) is 13.2. The van der Waals surface area contributed by atoms with Crippen LogP contribution in [0, 0.1) is 0 Å². The van der Waals surface area contributed by atoms with Crippen molar-refractivity contribution < 1.29 is 4.79 Å². The standard InChI is InChI=1S/C17H17N3OS/c1-2-14-12-7-9-22-15(12)6-8-20(14)17(21)13-5-3-4-11-10-18-19-16(11)13/h3-5,7,9-10,14H,2,6,8H2,1H3,(H,18,19). The van der Waals surface area contributed by atoms with Gasteiger partial charge in [-0.25, -0.2) is 0 Å². The lowest BCUT2D eigenvalue weighted by molar-refractivity contribution is 0.0659. The molecule has 3 aromatic rings. The molecule has 1 aliphatic rings. The Morgan fingerprint density at radius 3 is 3.23 bits per heavy atom. The molecule has 112 valence electrons. The molecule has 1 unspecified atom stereocenters. The molecule has 0 saturated heterocycles. The summed E-state index contributed by atoms with van der Waals surface area (Å²) in [5, 5.41) is 10.1. The third kappa shape index (κ3) is 1.96. The Kier molecular flexibility index (Phi) is 3.22.